The summed E-state index contributed by atoms with van der Waals surface area (Å²) in [5.74, 6) is 0.358. The molecule has 6 nitrogen and oxygen atoms in total. The van der Waals surface area contributed by atoms with Crippen LogP contribution in [-0.4, -0.2) is 41.4 Å². The Bertz CT molecular complexity index is 350. The summed E-state index contributed by atoms with van der Waals surface area (Å²) < 4.78 is 4.89. The number of hydrogen-bond acceptors (Lipinski definition) is 6. The van der Waals surface area contributed by atoms with Crippen LogP contribution in [0.3, 0.4) is 0 Å². The third-order valence-electron chi connectivity index (χ3n) is 1.73. The number of ether oxygens (including phenoxy) is 1. The molecule has 0 aliphatic heterocycles. The quantitative estimate of drug-likeness (QED) is 0.694. The third-order valence-corrected chi connectivity index (χ3v) is 1.73. The highest BCUT2D eigenvalue weighted by atomic mass is 16.5. The fraction of sp³-hybridized carbons (Fsp3) is 0.444. The number of aliphatic hydroxyl groups is 1. The molecule has 1 heterocycles. The average molecular weight is 208 g/mol. The summed E-state index contributed by atoms with van der Waals surface area (Å²) in [4.78, 5) is 7.79. The maximum absolute atomic E-state index is 9.01. The molecule has 0 radical (unpaired) electrons. The normalized spacial score (nSPS) is 11.8. The molecule has 0 amide bonds. The molecule has 0 fully saturated rings. The number of aliphatic hydroxyl groups excluding tert-OH is 1. The summed E-state index contributed by atoms with van der Waals surface area (Å²) in [5, 5.41) is 20.6. The lowest BCUT2D eigenvalue weighted by Crippen LogP contribution is -2.29. The minimum Gasteiger partial charge on any atom is -0.394 e. The molecule has 0 aliphatic rings. The number of nitrogens with one attached hydrogen (secondary N) is 1. The van der Waals surface area contributed by atoms with E-state index in [0.29, 0.717) is 12.4 Å². The van der Waals surface area contributed by atoms with Crippen molar-refractivity contribution >= 4 is 5.82 Å². The molecule has 0 saturated heterocycles. The Morgan fingerprint density at radius 2 is 2.33 bits per heavy atom. The van der Waals surface area contributed by atoms with Crippen molar-refractivity contribution in [1.82, 2.24) is 9.97 Å². The number of methoxy groups -OCH3 is 1. The zero-order valence-corrected chi connectivity index (χ0v) is 8.34. The molecule has 1 aromatic rings. The highest BCUT2D eigenvalue weighted by molar-refractivity contribution is 5.47. The zero-order valence-electron chi connectivity index (χ0n) is 8.34. The standard InChI is InChI=1S/C9H12N4O2/c1-15-6-7(5-14)13-9-8(4-10)11-2-3-12-9/h2-3,7,14H,5-6H2,1H3,(H,12,13). The van der Waals surface area contributed by atoms with Crippen molar-refractivity contribution in [3.05, 3.63) is 18.1 Å². The second kappa shape index (κ2) is 5.90. The van der Waals surface area contributed by atoms with Gasteiger partial charge in [0.05, 0.1) is 19.3 Å². The van der Waals surface area contributed by atoms with Gasteiger partial charge in [-0.2, -0.15) is 5.26 Å². The van der Waals surface area contributed by atoms with Gasteiger partial charge in [-0.25, -0.2) is 9.97 Å². The Balaban J connectivity index is 2.74. The number of aromatic nitrogens is 2. The third kappa shape index (κ3) is 3.16. The van der Waals surface area contributed by atoms with E-state index in [2.05, 4.69) is 15.3 Å². The van der Waals surface area contributed by atoms with E-state index in [1.807, 2.05) is 6.07 Å². The monoisotopic (exact) mass is 208 g/mol. The first-order valence-electron chi connectivity index (χ1n) is 4.39. The Morgan fingerprint density at radius 3 is 2.93 bits per heavy atom. The van der Waals surface area contributed by atoms with E-state index < -0.39 is 0 Å². The van der Waals surface area contributed by atoms with Crippen molar-refractivity contribution in [2.45, 2.75) is 6.04 Å². The van der Waals surface area contributed by atoms with Crippen LogP contribution in [0.4, 0.5) is 5.82 Å². The van der Waals surface area contributed by atoms with E-state index in [-0.39, 0.29) is 18.3 Å². The second-order valence-electron chi connectivity index (χ2n) is 2.84. The minimum atomic E-state index is -0.293. The highest BCUT2D eigenvalue weighted by Gasteiger charge is 2.10. The fourth-order valence-corrected chi connectivity index (χ4v) is 1.06. The van der Waals surface area contributed by atoms with E-state index >= 15 is 0 Å². The van der Waals surface area contributed by atoms with Gasteiger partial charge in [-0.05, 0) is 0 Å². The van der Waals surface area contributed by atoms with E-state index in [0.717, 1.165) is 0 Å². The summed E-state index contributed by atoms with van der Waals surface area (Å²) in [7, 11) is 1.53. The first kappa shape index (κ1) is 11.4. The summed E-state index contributed by atoms with van der Waals surface area (Å²) in [6.45, 7) is 0.229. The Kier molecular flexibility index (Phi) is 4.47. The first-order chi connectivity index (χ1) is 7.31. The van der Waals surface area contributed by atoms with Crippen molar-refractivity contribution < 1.29 is 9.84 Å². The van der Waals surface area contributed by atoms with Crippen molar-refractivity contribution in [3.8, 4) is 6.07 Å². The molecule has 1 atom stereocenters. The smallest absolute Gasteiger partial charge is 0.182 e. The molecule has 0 bridgehead atoms. The molecule has 1 unspecified atom stereocenters. The lowest BCUT2D eigenvalue weighted by Gasteiger charge is -2.15. The Labute approximate surface area is 87.5 Å². The number of rotatable bonds is 5. The van der Waals surface area contributed by atoms with Gasteiger partial charge in [-0.3, -0.25) is 0 Å². The SMILES string of the molecule is COCC(CO)Nc1nccnc1C#N. The molecule has 0 saturated carbocycles. The molecule has 2 N–H and O–H groups in total. The van der Waals surface area contributed by atoms with Gasteiger partial charge in [0, 0.05) is 19.5 Å². The van der Waals surface area contributed by atoms with E-state index in [1.54, 1.807) is 0 Å². The maximum Gasteiger partial charge on any atom is 0.182 e. The van der Waals surface area contributed by atoms with Gasteiger partial charge in [0.15, 0.2) is 11.5 Å². The summed E-state index contributed by atoms with van der Waals surface area (Å²) in [6, 6.07) is 1.62. The van der Waals surface area contributed by atoms with Crippen LogP contribution < -0.4 is 5.32 Å². The highest BCUT2D eigenvalue weighted by Crippen LogP contribution is 2.07. The van der Waals surface area contributed by atoms with Crippen LogP contribution in [0.15, 0.2) is 12.4 Å². The number of anilines is 1. The van der Waals surface area contributed by atoms with Gasteiger partial charge in [0.1, 0.15) is 6.07 Å². The van der Waals surface area contributed by atoms with Gasteiger partial charge >= 0.3 is 0 Å². The first-order valence-corrected chi connectivity index (χ1v) is 4.39. The Hall–Kier alpha value is -1.71. The van der Waals surface area contributed by atoms with Crippen LogP contribution in [0.25, 0.3) is 0 Å². The zero-order chi connectivity index (χ0) is 11.1. The second-order valence-corrected chi connectivity index (χ2v) is 2.84. The molecule has 0 spiro atoms. The summed E-state index contributed by atoms with van der Waals surface area (Å²) in [6.07, 6.45) is 2.92. The van der Waals surface area contributed by atoms with Crippen LogP contribution in [0.2, 0.25) is 0 Å². The van der Waals surface area contributed by atoms with Crippen LogP contribution in [0.5, 0.6) is 0 Å². The van der Waals surface area contributed by atoms with Crippen molar-refractivity contribution in [3.63, 3.8) is 0 Å². The molecule has 1 rings (SSSR count). The van der Waals surface area contributed by atoms with Crippen LogP contribution in [0, 0.1) is 11.3 Å². The maximum atomic E-state index is 9.01. The predicted octanol–water partition coefficient (Wildman–Crippen LogP) is -0.233. The Morgan fingerprint density at radius 1 is 1.60 bits per heavy atom. The predicted molar refractivity (Wildman–Crippen MR) is 53.1 cm³/mol. The largest absolute Gasteiger partial charge is 0.394 e. The van der Waals surface area contributed by atoms with Crippen molar-refractivity contribution in [1.29, 1.82) is 5.26 Å². The average Bonchev–Trinajstić information content (AvgIpc) is 2.29. The fourth-order valence-electron chi connectivity index (χ4n) is 1.06. The minimum absolute atomic E-state index is 0.102. The topological polar surface area (TPSA) is 91.1 Å². The van der Waals surface area contributed by atoms with Gasteiger partial charge in [0.2, 0.25) is 0 Å². The number of hydrogen-bond donors (Lipinski definition) is 2. The van der Waals surface area contributed by atoms with Crippen LogP contribution >= 0.6 is 0 Å². The molecule has 1 aromatic heterocycles. The molecular weight excluding hydrogens is 196 g/mol. The molecule has 0 aromatic carbocycles. The molecule has 0 aliphatic carbocycles. The van der Waals surface area contributed by atoms with Gasteiger partial charge in [-0.15, -0.1) is 0 Å². The summed E-state index contributed by atoms with van der Waals surface area (Å²) >= 11 is 0. The van der Waals surface area contributed by atoms with Gasteiger partial charge < -0.3 is 15.2 Å². The molecule has 80 valence electrons. The molecule has 15 heavy (non-hydrogen) atoms. The van der Waals surface area contributed by atoms with E-state index in [9.17, 15) is 0 Å². The lowest BCUT2D eigenvalue weighted by atomic mass is 10.3. The number of nitriles is 1. The van der Waals surface area contributed by atoms with Crippen molar-refractivity contribution in [2.24, 2.45) is 0 Å². The van der Waals surface area contributed by atoms with Crippen LogP contribution in [0.1, 0.15) is 5.69 Å². The summed E-state index contributed by atoms with van der Waals surface area (Å²) in [5.41, 5.74) is 0.201. The van der Waals surface area contributed by atoms with Gasteiger partial charge in [-0.1, -0.05) is 0 Å². The molecular formula is C9H12N4O2. The van der Waals surface area contributed by atoms with E-state index in [1.165, 1.54) is 19.5 Å². The van der Waals surface area contributed by atoms with Crippen LogP contribution in [-0.2, 0) is 4.74 Å². The number of nitrogens with zero attached hydrogens (tertiary/aromatic N) is 3. The molecule has 6 heteroatoms. The van der Waals surface area contributed by atoms with Gasteiger partial charge in [0.25, 0.3) is 0 Å². The van der Waals surface area contributed by atoms with Crippen molar-refractivity contribution in [2.75, 3.05) is 25.6 Å². The van der Waals surface area contributed by atoms with E-state index in [4.69, 9.17) is 15.1 Å². The lowest BCUT2D eigenvalue weighted by molar-refractivity contribution is 0.153.